The normalized spacial score (nSPS) is 15.7. The van der Waals surface area contributed by atoms with E-state index in [0.29, 0.717) is 6.54 Å². The van der Waals surface area contributed by atoms with Crippen molar-refractivity contribution in [3.8, 4) is 0 Å². The fourth-order valence-corrected chi connectivity index (χ4v) is 2.02. The maximum atomic E-state index is 12.3. The van der Waals surface area contributed by atoms with Crippen molar-refractivity contribution in [2.75, 3.05) is 11.9 Å². The lowest BCUT2D eigenvalue weighted by Crippen LogP contribution is -2.41. The third kappa shape index (κ3) is 2.53. The molecule has 0 unspecified atom stereocenters. The minimum atomic E-state index is -0.473. The summed E-state index contributed by atoms with van der Waals surface area (Å²) in [6.45, 7) is 6.19. The predicted molar refractivity (Wildman–Crippen MR) is 69.9 cm³/mol. The van der Waals surface area contributed by atoms with E-state index < -0.39 is 5.41 Å². The standard InChI is InChI=1S/C14H18N2O2/c1-14(2,3)13(18)16-8-10-6-4-5-7-11(10)15-12(17)9-16/h4-7H,8-9H2,1-3H3,(H,15,17). The van der Waals surface area contributed by atoms with Crippen molar-refractivity contribution in [2.45, 2.75) is 27.3 Å². The fraction of sp³-hybridized carbons (Fsp3) is 0.429. The number of para-hydroxylation sites is 1. The van der Waals surface area contributed by atoms with Crippen LogP contribution in [0.15, 0.2) is 24.3 Å². The smallest absolute Gasteiger partial charge is 0.244 e. The zero-order chi connectivity index (χ0) is 13.3. The van der Waals surface area contributed by atoms with Gasteiger partial charge in [-0.3, -0.25) is 9.59 Å². The van der Waals surface area contributed by atoms with E-state index in [2.05, 4.69) is 5.32 Å². The van der Waals surface area contributed by atoms with Crippen LogP contribution in [0.5, 0.6) is 0 Å². The number of anilines is 1. The van der Waals surface area contributed by atoms with E-state index in [1.165, 1.54) is 0 Å². The van der Waals surface area contributed by atoms with Gasteiger partial charge in [0.2, 0.25) is 11.8 Å². The lowest BCUT2D eigenvalue weighted by Gasteiger charge is -2.27. The topological polar surface area (TPSA) is 49.4 Å². The fourth-order valence-electron chi connectivity index (χ4n) is 2.02. The Morgan fingerprint density at radius 3 is 2.56 bits per heavy atom. The molecule has 1 aliphatic rings. The molecule has 1 aliphatic heterocycles. The summed E-state index contributed by atoms with van der Waals surface area (Å²) < 4.78 is 0. The average molecular weight is 246 g/mol. The Morgan fingerprint density at radius 2 is 1.89 bits per heavy atom. The Hall–Kier alpha value is -1.84. The van der Waals surface area contributed by atoms with Crippen molar-refractivity contribution in [1.29, 1.82) is 0 Å². The molecule has 1 N–H and O–H groups in total. The van der Waals surface area contributed by atoms with Crippen LogP contribution in [0.25, 0.3) is 0 Å². The second kappa shape index (κ2) is 4.44. The Bertz CT molecular complexity index is 489. The molecule has 0 bridgehead atoms. The number of benzene rings is 1. The van der Waals surface area contributed by atoms with Gasteiger partial charge in [-0.05, 0) is 11.6 Å². The summed E-state index contributed by atoms with van der Waals surface area (Å²) in [5, 5.41) is 2.83. The van der Waals surface area contributed by atoms with Gasteiger partial charge < -0.3 is 10.2 Å². The summed E-state index contributed by atoms with van der Waals surface area (Å²) in [7, 11) is 0. The molecule has 4 heteroatoms. The molecule has 0 spiro atoms. The Morgan fingerprint density at radius 1 is 1.22 bits per heavy atom. The van der Waals surface area contributed by atoms with E-state index in [-0.39, 0.29) is 18.4 Å². The molecule has 0 aliphatic carbocycles. The van der Waals surface area contributed by atoms with Crippen molar-refractivity contribution < 1.29 is 9.59 Å². The molecule has 0 radical (unpaired) electrons. The van der Waals surface area contributed by atoms with Gasteiger partial charge >= 0.3 is 0 Å². The molecule has 18 heavy (non-hydrogen) atoms. The SMILES string of the molecule is CC(C)(C)C(=O)N1CC(=O)Nc2ccccc2C1. The molecule has 1 heterocycles. The maximum Gasteiger partial charge on any atom is 0.244 e. The first-order valence-corrected chi connectivity index (χ1v) is 6.05. The van der Waals surface area contributed by atoms with E-state index in [9.17, 15) is 9.59 Å². The highest BCUT2D eigenvalue weighted by Gasteiger charge is 2.30. The monoisotopic (exact) mass is 246 g/mol. The first-order chi connectivity index (χ1) is 8.38. The van der Waals surface area contributed by atoms with E-state index in [1.54, 1.807) is 4.90 Å². The van der Waals surface area contributed by atoms with Gasteiger partial charge in [-0.25, -0.2) is 0 Å². The van der Waals surface area contributed by atoms with E-state index in [4.69, 9.17) is 0 Å². The number of nitrogens with one attached hydrogen (secondary N) is 1. The largest absolute Gasteiger partial charge is 0.329 e. The lowest BCUT2D eigenvalue weighted by molar-refractivity contribution is -0.142. The molecule has 0 saturated carbocycles. The van der Waals surface area contributed by atoms with Gasteiger partial charge in [-0.1, -0.05) is 39.0 Å². The van der Waals surface area contributed by atoms with Crippen LogP contribution in [0.2, 0.25) is 0 Å². The van der Waals surface area contributed by atoms with Gasteiger partial charge in [-0.2, -0.15) is 0 Å². The molecule has 1 aromatic carbocycles. The van der Waals surface area contributed by atoms with Crippen molar-refractivity contribution in [2.24, 2.45) is 5.41 Å². The van der Waals surface area contributed by atoms with Crippen LogP contribution in [0.3, 0.4) is 0 Å². The second-order valence-electron chi connectivity index (χ2n) is 5.62. The highest BCUT2D eigenvalue weighted by molar-refractivity contribution is 5.96. The number of carbonyl (C=O) groups is 2. The average Bonchev–Trinajstić information content (AvgIpc) is 2.44. The highest BCUT2D eigenvalue weighted by Crippen LogP contribution is 2.24. The van der Waals surface area contributed by atoms with Gasteiger partial charge in [0, 0.05) is 17.6 Å². The molecule has 0 aromatic heterocycles. The molecular formula is C14H18N2O2. The highest BCUT2D eigenvalue weighted by atomic mass is 16.2. The van der Waals surface area contributed by atoms with Gasteiger partial charge in [0.1, 0.15) is 6.54 Å². The Labute approximate surface area is 107 Å². The number of nitrogens with zero attached hydrogens (tertiary/aromatic N) is 1. The summed E-state index contributed by atoms with van der Waals surface area (Å²) in [5.74, 6) is -0.146. The number of hydrogen-bond donors (Lipinski definition) is 1. The van der Waals surface area contributed by atoms with Crippen LogP contribution in [0, 0.1) is 5.41 Å². The number of amides is 2. The molecule has 0 fully saturated rings. The van der Waals surface area contributed by atoms with Crippen LogP contribution in [-0.4, -0.2) is 23.3 Å². The molecule has 2 amide bonds. The Kier molecular flexibility index (Phi) is 3.11. The van der Waals surface area contributed by atoms with Crippen LogP contribution in [-0.2, 0) is 16.1 Å². The first-order valence-electron chi connectivity index (χ1n) is 6.05. The second-order valence-corrected chi connectivity index (χ2v) is 5.62. The van der Waals surface area contributed by atoms with Gasteiger partial charge in [0.15, 0.2) is 0 Å². The van der Waals surface area contributed by atoms with Crippen molar-refractivity contribution in [3.05, 3.63) is 29.8 Å². The number of fused-ring (bicyclic) bond motifs is 1. The molecule has 0 atom stereocenters. The molecule has 2 rings (SSSR count). The van der Waals surface area contributed by atoms with Crippen molar-refractivity contribution >= 4 is 17.5 Å². The zero-order valence-corrected chi connectivity index (χ0v) is 11.0. The summed E-state index contributed by atoms with van der Waals surface area (Å²) >= 11 is 0. The van der Waals surface area contributed by atoms with Crippen molar-refractivity contribution in [1.82, 2.24) is 4.90 Å². The molecular weight excluding hydrogens is 228 g/mol. The molecule has 0 saturated heterocycles. The van der Waals surface area contributed by atoms with Gasteiger partial charge in [0.25, 0.3) is 0 Å². The zero-order valence-electron chi connectivity index (χ0n) is 11.0. The predicted octanol–water partition coefficient (Wildman–Crippen LogP) is 2.01. The van der Waals surface area contributed by atoms with Gasteiger partial charge in [0.05, 0.1) is 0 Å². The van der Waals surface area contributed by atoms with Crippen LogP contribution in [0.1, 0.15) is 26.3 Å². The molecule has 96 valence electrons. The van der Waals surface area contributed by atoms with Crippen LogP contribution < -0.4 is 5.32 Å². The minimum Gasteiger partial charge on any atom is -0.329 e. The van der Waals surface area contributed by atoms with Crippen LogP contribution >= 0.6 is 0 Å². The minimum absolute atomic E-state index is 0.00523. The molecule has 1 aromatic rings. The third-order valence-corrected chi connectivity index (χ3v) is 2.92. The van der Waals surface area contributed by atoms with E-state index in [0.717, 1.165) is 11.3 Å². The van der Waals surface area contributed by atoms with E-state index >= 15 is 0 Å². The third-order valence-electron chi connectivity index (χ3n) is 2.92. The summed E-state index contributed by atoms with van der Waals surface area (Å²) in [5.41, 5.74) is 1.30. The maximum absolute atomic E-state index is 12.3. The summed E-state index contributed by atoms with van der Waals surface area (Å²) in [6, 6.07) is 7.58. The van der Waals surface area contributed by atoms with E-state index in [1.807, 2.05) is 45.0 Å². The summed E-state index contributed by atoms with van der Waals surface area (Å²) in [4.78, 5) is 25.7. The first kappa shape index (κ1) is 12.6. The van der Waals surface area contributed by atoms with Crippen LogP contribution in [0.4, 0.5) is 5.69 Å². The number of carbonyl (C=O) groups excluding carboxylic acids is 2. The molecule has 4 nitrogen and oxygen atoms in total. The van der Waals surface area contributed by atoms with Crippen molar-refractivity contribution in [3.63, 3.8) is 0 Å². The lowest BCUT2D eigenvalue weighted by atomic mass is 9.94. The Balaban J connectivity index is 2.31. The van der Waals surface area contributed by atoms with Gasteiger partial charge in [-0.15, -0.1) is 0 Å². The number of hydrogen-bond acceptors (Lipinski definition) is 2. The number of rotatable bonds is 0. The quantitative estimate of drug-likeness (QED) is 0.761. The summed E-state index contributed by atoms with van der Waals surface area (Å²) in [6.07, 6.45) is 0.